The Bertz CT molecular complexity index is 430. The first-order valence-corrected chi connectivity index (χ1v) is 5.49. The minimum atomic E-state index is -0.691. The van der Waals surface area contributed by atoms with Crippen molar-refractivity contribution in [3.8, 4) is 0 Å². The Hall–Kier alpha value is -0.880. The molecule has 1 aliphatic rings. The molecule has 0 spiro atoms. The minimum Gasteiger partial charge on any atom is -0.388 e. The van der Waals surface area contributed by atoms with Crippen LogP contribution in [0.4, 0.5) is 5.82 Å². The average Bonchev–Trinajstić information content (AvgIpc) is 2.51. The Morgan fingerprint density at radius 3 is 3.07 bits per heavy atom. The summed E-state index contributed by atoms with van der Waals surface area (Å²) in [7, 11) is 0. The zero-order valence-corrected chi connectivity index (χ0v) is 9.91. The predicted molar refractivity (Wildman–Crippen MR) is 60.0 cm³/mol. The van der Waals surface area contributed by atoms with Gasteiger partial charge in [0.05, 0.1) is 11.9 Å². The van der Waals surface area contributed by atoms with Crippen molar-refractivity contribution >= 4 is 21.7 Å². The average molecular weight is 274 g/mol. The van der Waals surface area contributed by atoms with Gasteiger partial charge in [0.2, 0.25) is 0 Å². The molecule has 0 amide bonds. The number of anilines is 1. The van der Waals surface area contributed by atoms with Crippen molar-refractivity contribution in [1.82, 2.24) is 9.97 Å². The van der Waals surface area contributed by atoms with E-state index in [9.17, 15) is 9.90 Å². The van der Waals surface area contributed by atoms with Gasteiger partial charge in [-0.2, -0.15) is 0 Å². The van der Waals surface area contributed by atoms with E-state index in [1.54, 1.807) is 6.92 Å². The summed E-state index contributed by atoms with van der Waals surface area (Å²) in [5, 5.41) is 9.82. The van der Waals surface area contributed by atoms with E-state index < -0.39 is 5.60 Å². The maximum absolute atomic E-state index is 11.3. The zero-order chi connectivity index (χ0) is 11.1. The molecule has 1 atom stereocenters. The standard InChI is InChI=1S/C9H12BrN3O2/c1-9(15)2-3-13(4-9)7-6(10)8(14)12-5-11-7/h5,15H,2-4H2,1H3,(H,11,12,14). The van der Waals surface area contributed by atoms with E-state index in [1.807, 2.05) is 4.90 Å². The van der Waals surface area contributed by atoms with E-state index in [0.29, 0.717) is 29.8 Å². The molecule has 1 fully saturated rings. The van der Waals surface area contributed by atoms with Gasteiger partial charge in [-0.25, -0.2) is 4.98 Å². The third-order valence-corrected chi connectivity index (χ3v) is 3.24. The fraction of sp³-hybridized carbons (Fsp3) is 0.556. The Morgan fingerprint density at radius 1 is 1.73 bits per heavy atom. The van der Waals surface area contributed by atoms with Crippen molar-refractivity contribution in [2.24, 2.45) is 0 Å². The van der Waals surface area contributed by atoms with E-state index in [0.717, 1.165) is 0 Å². The van der Waals surface area contributed by atoms with Crippen LogP contribution in [0.1, 0.15) is 13.3 Å². The van der Waals surface area contributed by atoms with Crippen molar-refractivity contribution in [3.05, 3.63) is 21.2 Å². The summed E-state index contributed by atoms with van der Waals surface area (Å²) in [6.45, 7) is 3.00. The molecule has 6 heteroatoms. The van der Waals surface area contributed by atoms with Crippen molar-refractivity contribution in [2.45, 2.75) is 18.9 Å². The Labute approximate surface area is 95.3 Å². The highest BCUT2D eigenvalue weighted by Crippen LogP contribution is 2.27. The second-order valence-electron chi connectivity index (χ2n) is 4.04. The molecule has 1 aliphatic heterocycles. The summed E-state index contributed by atoms with van der Waals surface area (Å²) in [6.07, 6.45) is 2.06. The highest BCUT2D eigenvalue weighted by molar-refractivity contribution is 9.10. The summed E-state index contributed by atoms with van der Waals surface area (Å²) < 4.78 is 0.419. The molecular formula is C9H12BrN3O2. The number of aromatic amines is 1. The van der Waals surface area contributed by atoms with Crippen LogP contribution < -0.4 is 10.5 Å². The molecule has 1 aromatic heterocycles. The van der Waals surface area contributed by atoms with Crippen LogP contribution in [-0.2, 0) is 0 Å². The van der Waals surface area contributed by atoms with Gasteiger partial charge < -0.3 is 15.0 Å². The van der Waals surface area contributed by atoms with Gasteiger partial charge in [0.1, 0.15) is 10.3 Å². The summed E-state index contributed by atoms with van der Waals surface area (Å²) in [4.78, 5) is 19.8. The molecule has 1 unspecified atom stereocenters. The molecule has 2 N–H and O–H groups in total. The molecular weight excluding hydrogens is 262 g/mol. The molecule has 0 radical (unpaired) electrons. The van der Waals surface area contributed by atoms with Crippen LogP contribution in [0.5, 0.6) is 0 Å². The van der Waals surface area contributed by atoms with E-state index in [4.69, 9.17) is 0 Å². The Balaban J connectivity index is 2.32. The molecule has 0 saturated carbocycles. The first kappa shape index (κ1) is 10.6. The number of nitrogens with zero attached hydrogens (tertiary/aromatic N) is 2. The number of hydrogen-bond acceptors (Lipinski definition) is 4. The van der Waals surface area contributed by atoms with Crippen LogP contribution in [0.2, 0.25) is 0 Å². The lowest BCUT2D eigenvalue weighted by Crippen LogP contribution is -2.31. The largest absolute Gasteiger partial charge is 0.388 e. The lowest BCUT2D eigenvalue weighted by Gasteiger charge is -2.20. The van der Waals surface area contributed by atoms with Gasteiger partial charge >= 0.3 is 0 Å². The molecule has 0 aromatic carbocycles. The normalized spacial score (nSPS) is 25.9. The maximum Gasteiger partial charge on any atom is 0.267 e. The lowest BCUT2D eigenvalue weighted by molar-refractivity contribution is 0.0839. The van der Waals surface area contributed by atoms with Crippen LogP contribution in [0.25, 0.3) is 0 Å². The molecule has 82 valence electrons. The number of nitrogens with one attached hydrogen (secondary N) is 1. The predicted octanol–water partition coefficient (Wildman–Crippen LogP) is 0.494. The van der Waals surface area contributed by atoms with E-state index in [1.165, 1.54) is 6.33 Å². The molecule has 15 heavy (non-hydrogen) atoms. The van der Waals surface area contributed by atoms with Crippen molar-refractivity contribution in [3.63, 3.8) is 0 Å². The van der Waals surface area contributed by atoms with E-state index in [-0.39, 0.29) is 5.56 Å². The van der Waals surface area contributed by atoms with Gasteiger partial charge in [-0.3, -0.25) is 4.79 Å². The van der Waals surface area contributed by atoms with Gasteiger partial charge in [-0.05, 0) is 29.3 Å². The number of H-pyrrole nitrogens is 1. The second kappa shape index (κ2) is 3.61. The van der Waals surface area contributed by atoms with Crippen LogP contribution in [0, 0.1) is 0 Å². The monoisotopic (exact) mass is 273 g/mol. The van der Waals surface area contributed by atoms with Crippen molar-refractivity contribution in [2.75, 3.05) is 18.0 Å². The quantitative estimate of drug-likeness (QED) is 0.782. The number of hydrogen-bond donors (Lipinski definition) is 2. The second-order valence-corrected chi connectivity index (χ2v) is 4.83. The minimum absolute atomic E-state index is 0.202. The molecule has 2 heterocycles. The van der Waals surface area contributed by atoms with Crippen LogP contribution >= 0.6 is 15.9 Å². The van der Waals surface area contributed by atoms with Crippen molar-refractivity contribution in [1.29, 1.82) is 0 Å². The van der Waals surface area contributed by atoms with Crippen LogP contribution in [0.3, 0.4) is 0 Å². The van der Waals surface area contributed by atoms with Crippen LogP contribution in [0.15, 0.2) is 15.6 Å². The first-order valence-electron chi connectivity index (χ1n) is 4.70. The maximum atomic E-state index is 11.3. The number of rotatable bonds is 1. The zero-order valence-electron chi connectivity index (χ0n) is 8.33. The SMILES string of the molecule is CC1(O)CCN(c2nc[nH]c(=O)c2Br)C1. The number of aliphatic hydroxyl groups is 1. The molecule has 5 nitrogen and oxygen atoms in total. The molecule has 1 saturated heterocycles. The molecule has 1 aromatic rings. The third-order valence-electron chi connectivity index (χ3n) is 2.53. The number of β-amino-alcohol motifs (C(OH)–C–C–N with tert-alkyl or cyclic N) is 1. The van der Waals surface area contributed by atoms with Gasteiger partial charge in [-0.15, -0.1) is 0 Å². The Morgan fingerprint density at radius 2 is 2.47 bits per heavy atom. The Kier molecular flexibility index (Phi) is 2.56. The van der Waals surface area contributed by atoms with E-state index >= 15 is 0 Å². The van der Waals surface area contributed by atoms with Gasteiger partial charge in [-0.1, -0.05) is 0 Å². The molecule has 2 rings (SSSR count). The van der Waals surface area contributed by atoms with Gasteiger partial charge in [0.25, 0.3) is 5.56 Å². The highest BCUT2D eigenvalue weighted by atomic mass is 79.9. The number of halogens is 1. The molecule has 0 aliphatic carbocycles. The first-order chi connectivity index (χ1) is 6.99. The number of aromatic nitrogens is 2. The fourth-order valence-electron chi connectivity index (χ4n) is 1.72. The summed E-state index contributed by atoms with van der Waals surface area (Å²) in [5.41, 5.74) is -0.893. The highest BCUT2D eigenvalue weighted by Gasteiger charge is 2.33. The van der Waals surface area contributed by atoms with Gasteiger partial charge in [0, 0.05) is 13.1 Å². The summed E-state index contributed by atoms with van der Waals surface area (Å²) >= 11 is 3.20. The lowest BCUT2D eigenvalue weighted by atomic mass is 10.1. The van der Waals surface area contributed by atoms with Gasteiger partial charge in [0.15, 0.2) is 0 Å². The summed E-state index contributed by atoms with van der Waals surface area (Å²) in [6, 6.07) is 0. The summed E-state index contributed by atoms with van der Waals surface area (Å²) in [5.74, 6) is 0.594. The fourth-order valence-corrected chi connectivity index (χ4v) is 2.19. The smallest absolute Gasteiger partial charge is 0.267 e. The topological polar surface area (TPSA) is 69.2 Å². The van der Waals surface area contributed by atoms with E-state index in [2.05, 4.69) is 25.9 Å². The van der Waals surface area contributed by atoms with Crippen molar-refractivity contribution < 1.29 is 5.11 Å². The molecule has 0 bridgehead atoms. The third kappa shape index (κ3) is 2.05. The van der Waals surface area contributed by atoms with Crippen LogP contribution in [-0.4, -0.2) is 33.8 Å².